The zero-order chi connectivity index (χ0) is 27.8. The lowest BCUT2D eigenvalue weighted by atomic mass is 9.73. The molecule has 0 aliphatic heterocycles. The molecule has 4 aromatic carbocycles. The Bertz CT molecular complexity index is 1900. The van der Waals surface area contributed by atoms with Crippen LogP contribution >= 0.6 is 0 Å². The van der Waals surface area contributed by atoms with Crippen molar-refractivity contribution in [3.05, 3.63) is 174 Å². The summed E-state index contributed by atoms with van der Waals surface area (Å²) in [6.07, 6.45) is 26.0. The van der Waals surface area contributed by atoms with Crippen molar-refractivity contribution in [3.8, 4) is 22.3 Å². The Hall–Kier alpha value is -4.42. The average molecular weight is 539 g/mol. The first-order chi connectivity index (χ1) is 20.7. The van der Waals surface area contributed by atoms with Gasteiger partial charge in [-0.25, -0.2) is 0 Å². The molecule has 0 heteroatoms. The van der Waals surface area contributed by atoms with Crippen molar-refractivity contribution < 1.29 is 0 Å². The van der Waals surface area contributed by atoms with E-state index in [-0.39, 0.29) is 16.2 Å². The van der Waals surface area contributed by atoms with Crippen molar-refractivity contribution in [1.82, 2.24) is 0 Å². The molecular weight excluding hydrogens is 504 g/mol. The second-order valence-electron chi connectivity index (χ2n) is 13.1. The Labute approximate surface area is 249 Å². The summed E-state index contributed by atoms with van der Waals surface area (Å²) in [4.78, 5) is 0. The summed E-state index contributed by atoms with van der Waals surface area (Å²) >= 11 is 0. The molecule has 0 aromatic heterocycles. The summed E-state index contributed by atoms with van der Waals surface area (Å²) in [7, 11) is 0. The number of fused-ring (bicyclic) bond motifs is 2. The second-order valence-corrected chi connectivity index (χ2v) is 13.1. The third-order valence-corrected chi connectivity index (χ3v) is 10.7. The fourth-order valence-electron chi connectivity index (χ4n) is 8.34. The topological polar surface area (TPSA) is 0 Å². The zero-order valence-electron chi connectivity index (χ0n) is 23.8. The fourth-order valence-corrected chi connectivity index (χ4v) is 8.34. The standard InChI is InChI=1S/C42H34/c1-3-13-31(14-4-1)33-24-34(26-37(25-33)41-20-8-2-5-16-36(41)28-41)32-15-11-12-30(22-32)23-35-27-40-19-9-10-21-42(40,29-40)39-18-7-6-17-38(35)39/h1,3-22,24-27,36H,2,23,28-29H2. The van der Waals surface area contributed by atoms with Crippen molar-refractivity contribution in [2.45, 2.75) is 36.5 Å². The predicted molar refractivity (Wildman–Crippen MR) is 175 cm³/mol. The van der Waals surface area contributed by atoms with Crippen LogP contribution < -0.4 is 0 Å². The molecule has 4 aromatic rings. The molecule has 0 spiro atoms. The van der Waals surface area contributed by atoms with Crippen LogP contribution in [-0.2, 0) is 17.3 Å². The van der Waals surface area contributed by atoms with Crippen LogP contribution in [0.3, 0.4) is 0 Å². The zero-order valence-corrected chi connectivity index (χ0v) is 23.8. The van der Waals surface area contributed by atoms with E-state index in [2.05, 4.69) is 152 Å². The molecule has 5 aliphatic rings. The third-order valence-electron chi connectivity index (χ3n) is 10.7. The van der Waals surface area contributed by atoms with Crippen molar-refractivity contribution >= 4 is 5.57 Å². The Balaban J connectivity index is 1.12. The predicted octanol–water partition coefficient (Wildman–Crippen LogP) is 10.2. The van der Waals surface area contributed by atoms with E-state index in [0.29, 0.717) is 5.92 Å². The van der Waals surface area contributed by atoms with Gasteiger partial charge in [0.05, 0.1) is 0 Å². The highest BCUT2D eigenvalue weighted by atomic mass is 14.7. The summed E-state index contributed by atoms with van der Waals surface area (Å²) in [6, 6.07) is 36.6. The van der Waals surface area contributed by atoms with Gasteiger partial charge in [-0.05, 0) is 87.7 Å². The van der Waals surface area contributed by atoms with Gasteiger partial charge >= 0.3 is 0 Å². The van der Waals surface area contributed by atoms with Crippen molar-refractivity contribution in [1.29, 1.82) is 0 Å². The molecule has 0 saturated heterocycles. The lowest BCUT2D eigenvalue weighted by molar-refractivity contribution is 0.683. The van der Waals surface area contributed by atoms with Gasteiger partial charge in [0, 0.05) is 16.2 Å². The maximum absolute atomic E-state index is 2.59. The highest BCUT2D eigenvalue weighted by molar-refractivity contribution is 5.81. The van der Waals surface area contributed by atoms with Crippen LogP contribution in [0.25, 0.3) is 27.8 Å². The Morgan fingerprint density at radius 3 is 2.40 bits per heavy atom. The number of hydrogen-bond acceptors (Lipinski definition) is 0. The molecule has 0 heterocycles. The third kappa shape index (κ3) is 3.54. The molecule has 2 fully saturated rings. The maximum atomic E-state index is 2.59. The summed E-state index contributed by atoms with van der Waals surface area (Å²) < 4.78 is 0. The summed E-state index contributed by atoms with van der Waals surface area (Å²) in [5, 5.41) is 0. The Kier molecular flexibility index (Phi) is 5.07. The minimum atomic E-state index is 0.138. The molecule has 42 heavy (non-hydrogen) atoms. The highest BCUT2D eigenvalue weighted by Gasteiger charge is 2.66. The first-order valence-corrected chi connectivity index (χ1v) is 15.5. The van der Waals surface area contributed by atoms with E-state index in [1.165, 1.54) is 62.9 Å². The van der Waals surface area contributed by atoms with E-state index in [4.69, 9.17) is 0 Å². The van der Waals surface area contributed by atoms with E-state index < -0.39 is 0 Å². The fraction of sp³-hybridized carbons (Fsp3) is 0.190. The Morgan fingerprint density at radius 1 is 0.667 bits per heavy atom. The number of rotatable bonds is 5. The molecule has 5 aliphatic carbocycles. The van der Waals surface area contributed by atoms with E-state index in [9.17, 15) is 0 Å². The summed E-state index contributed by atoms with van der Waals surface area (Å²) in [5.41, 5.74) is 12.9. The Morgan fingerprint density at radius 2 is 1.48 bits per heavy atom. The monoisotopic (exact) mass is 538 g/mol. The largest absolute Gasteiger partial charge is 0.0844 e. The molecule has 9 rings (SSSR count). The van der Waals surface area contributed by atoms with Crippen LogP contribution in [0, 0.1) is 11.3 Å². The van der Waals surface area contributed by atoms with E-state index in [1.807, 2.05) is 0 Å². The molecule has 0 bridgehead atoms. The van der Waals surface area contributed by atoms with Crippen molar-refractivity contribution in [2.24, 2.45) is 11.3 Å². The van der Waals surface area contributed by atoms with Gasteiger partial charge < -0.3 is 0 Å². The molecular formula is C42H34. The molecule has 0 amide bonds. The smallest absolute Gasteiger partial charge is 0.0279 e. The first-order valence-electron chi connectivity index (χ1n) is 15.5. The summed E-state index contributed by atoms with van der Waals surface area (Å²) in [5.74, 6) is 0.609. The minimum absolute atomic E-state index is 0.138. The molecule has 0 N–H and O–H groups in total. The van der Waals surface area contributed by atoms with Crippen LogP contribution in [0.2, 0.25) is 0 Å². The molecule has 4 unspecified atom stereocenters. The van der Waals surface area contributed by atoms with Gasteiger partial charge in [-0.3, -0.25) is 0 Å². The van der Waals surface area contributed by atoms with Crippen LogP contribution in [0.15, 0.2) is 152 Å². The van der Waals surface area contributed by atoms with E-state index in [1.54, 1.807) is 0 Å². The van der Waals surface area contributed by atoms with Gasteiger partial charge in [0.15, 0.2) is 0 Å². The number of hydrogen-bond donors (Lipinski definition) is 0. The average Bonchev–Trinajstić information content (AvgIpc) is 3.93. The van der Waals surface area contributed by atoms with Gasteiger partial charge in [0.2, 0.25) is 0 Å². The minimum Gasteiger partial charge on any atom is -0.0844 e. The van der Waals surface area contributed by atoms with E-state index in [0.717, 1.165) is 12.8 Å². The molecule has 0 radical (unpaired) electrons. The van der Waals surface area contributed by atoms with Gasteiger partial charge in [0.1, 0.15) is 0 Å². The van der Waals surface area contributed by atoms with Crippen LogP contribution in [0.5, 0.6) is 0 Å². The normalized spacial score (nSPS) is 29.0. The van der Waals surface area contributed by atoms with Gasteiger partial charge in [0.25, 0.3) is 0 Å². The number of allylic oxidation sites excluding steroid dienone is 10. The lowest BCUT2D eigenvalue weighted by Gasteiger charge is -2.30. The van der Waals surface area contributed by atoms with Gasteiger partial charge in [-0.15, -0.1) is 0 Å². The van der Waals surface area contributed by atoms with E-state index >= 15 is 0 Å². The van der Waals surface area contributed by atoms with Crippen LogP contribution in [-0.4, -0.2) is 0 Å². The number of benzene rings is 4. The van der Waals surface area contributed by atoms with Crippen LogP contribution in [0.1, 0.15) is 41.5 Å². The molecule has 2 saturated carbocycles. The van der Waals surface area contributed by atoms with Crippen molar-refractivity contribution in [2.75, 3.05) is 0 Å². The highest BCUT2D eigenvalue weighted by Crippen LogP contribution is 2.72. The molecule has 4 atom stereocenters. The molecule has 0 nitrogen and oxygen atoms in total. The summed E-state index contributed by atoms with van der Waals surface area (Å²) in [6.45, 7) is 0. The first kappa shape index (κ1) is 24.2. The van der Waals surface area contributed by atoms with Crippen LogP contribution in [0.4, 0.5) is 0 Å². The second kappa shape index (κ2) is 8.79. The lowest BCUT2D eigenvalue weighted by Crippen LogP contribution is -2.21. The van der Waals surface area contributed by atoms with Crippen molar-refractivity contribution in [3.63, 3.8) is 0 Å². The quantitative estimate of drug-likeness (QED) is 0.222. The van der Waals surface area contributed by atoms with Gasteiger partial charge in [-0.2, -0.15) is 0 Å². The van der Waals surface area contributed by atoms with Gasteiger partial charge in [-0.1, -0.05) is 146 Å². The molecule has 202 valence electrons. The maximum Gasteiger partial charge on any atom is 0.0279 e. The SMILES string of the molecule is C1=CC23C=C(Cc4cccc(-c5cc(-c6ccccc6)cc(C67C=CCC=CC6C7)c5)c4)c4ccccc4C2(C=C1)C3.